The van der Waals surface area contributed by atoms with Gasteiger partial charge in [-0.15, -0.1) is 0 Å². The van der Waals surface area contributed by atoms with Crippen molar-refractivity contribution in [3.63, 3.8) is 0 Å². The second-order valence-corrected chi connectivity index (χ2v) is 10.1. The minimum atomic E-state index is -1.25. The van der Waals surface area contributed by atoms with Crippen molar-refractivity contribution >= 4 is 5.97 Å². The SMILES string of the molecule is CCCCCCCCCCCCCCCCCCCCCCCCC/C=C/CC(O)C(=O)O. The van der Waals surface area contributed by atoms with Crippen molar-refractivity contribution in [2.24, 2.45) is 0 Å². The van der Waals surface area contributed by atoms with Gasteiger partial charge in [0.1, 0.15) is 0 Å². The highest BCUT2D eigenvalue weighted by Gasteiger charge is 2.09. The van der Waals surface area contributed by atoms with E-state index in [-0.39, 0.29) is 6.42 Å². The van der Waals surface area contributed by atoms with E-state index < -0.39 is 12.1 Å². The lowest BCUT2D eigenvalue weighted by molar-refractivity contribution is -0.146. The molecule has 3 heteroatoms. The van der Waals surface area contributed by atoms with Crippen molar-refractivity contribution in [3.05, 3.63) is 12.2 Å². The fraction of sp³-hybridized carbons (Fsp3) is 0.900. The van der Waals surface area contributed by atoms with Gasteiger partial charge in [0.15, 0.2) is 6.10 Å². The monoisotopic (exact) mass is 466 g/mol. The Morgan fingerprint density at radius 2 is 0.848 bits per heavy atom. The van der Waals surface area contributed by atoms with E-state index >= 15 is 0 Å². The molecule has 0 amide bonds. The zero-order valence-corrected chi connectivity index (χ0v) is 22.2. The van der Waals surface area contributed by atoms with Crippen LogP contribution in [0, 0.1) is 0 Å². The van der Waals surface area contributed by atoms with E-state index in [9.17, 15) is 4.79 Å². The number of hydrogen-bond acceptors (Lipinski definition) is 2. The van der Waals surface area contributed by atoms with Gasteiger partial charge in [0, 0.05) is 6.42 Å². The molecule has 0 spiro atoms. The quantitative estimate of drug-likeness (QED) is 0.0935. The fourth-order valence-electron chi connectivity index (χ4n) is 4.49. The zero-order chi connectivity index (χ0) is 24.2. The highest BCUT2D eigenvalue weighted by Crippen LogP contribution is 2.15. The van der Waals surface area contributed by atoms with Gasteiger partial charge in [-0.1, -0.05) is 160 Å². The molecule has 0 radical (unpaired) electrons. The van der Waals surface area contributed by atoms with Crippen LogP contribution in [-0.2, 0) is 4.79 Å². The third-order valence-corrected chi connectivity index (χ3v) is 6.79. The Kier molecular flexibility index (Phi) is 26.7. The Morgan fingerprint density at radius 3 is 1.15 bits per heavy atom. The predicted molar refractivity (Wildman–Crippen MR) is 144 cm³/mol. The molecule has 0 bridgehead atoms. The van der Waals surface area contributed by atoms with Crippen molar-refractivity contribution in [3.8, 4) is 0 Å². The highest BCUT2D eigenvalue weighted by atomic mass is 16.4. The van der Waals surface area contributed by atoms with Crippen LogP contribution in [0.4, 0.5) is 0 Å². The summed E-state index contributed by atoms with van der Waals surface area (Å²) in [5.74, 6) is -1.14. The second-order valence-electron chi connectivity index (χ2n) is 10.1. The summed E-state index contributed by atoms with van der Waals surface area (Å²) in [6.07, 6.45) is 36.1. The number of aliphatic hydroxyl groups is 1. The van der Waals surface area contributed by atoms with Crippen LogP contribution in [0.5, 0.6) is 0 Å². The molecule has 0 aromatic heterocycles. The van der Waals surface area contributed by atoms with Gasteiger partial charge in [0.05, 0.1) is 0 Å². The first-order valence-corrected chi connectivity index (χ1v) is 14.7. The normalized spacial score (nSPS) is 12.5. The number of carboxylic acids is 1. The molecular formula is C30H58O3. The van der Waals surface area contributed by atoms with E-state index in [1.165, 1.54) is 148 Å². The molecular weight excluding hydrogens is 408 g/mol. The number of unbranched alkanes of at least 4 members (excludes halogenated alkanes) is 23. The van der Waals surface area contributed by atoms with Gasteiger partial charge in [0.2, 0.25) is 0 Å². The molecule has 1 unspecified atom stereocenters. The van der Waals surface area contributed by atoms with Crippen LogP contribution >= 0.6 is 0 Å². The Hall–Kier alpha value is -0.830. The first-order chi connectivity index (χ1) is 16.2. The van der Waals surface area contributed by atoms with Crippen molar-refractivity contribution < 1.29 is 15.0 Å². The molecule has 0 saturated carbocycles. The summed E-state index contributed by atoms with van der Waals surface area (Å²) >= 11 is 0. The molecule has 196 valence electrons. The van der Waals surface area contributed by atoms with E-state index in [0.29, 0.717) is 0 Å². The topological polar surface area (TPSA) is 57.5 Å². The van der Waals surface area contributed by atoms with Crippen LogP contribution in [0.1, 0.15) is 167 Å². The molecule has 0 saturated heterocycles. The molecule has 33 heavy (non-hydrogen) atoms. The molecule has 0 aliphatic carbocycles. The van der Waals surface area contributed by atoms with Crippen LogP contribution in [0.25, 0.3) is 0 Å². The minimum absolute atomic E-state index is 0.217. The van der Waals surface area contributed by atoms with Crippen molar-refractivity contribution in [1.29, 1.82) is 0 Å². The number of rotatable bonds is 27. The smallest absolute Gasteiger partial charge is 0.332 e. The number of aliphatic carboxylic acids is 1. The van der Waals surface area contributed by atoms with Gasteiger partial charge in [-0.3, -0.25) is 0 Å². The minimum Gasteiger partial charge on any atom is -0.479 e. The van der Waals surface area contributed by atoms with Crippen molar-refractivity contribution in [2.45, 2.75) is 174 Å². The maximum Gasteiger partial charge on any atom is 0.332 e. The molecule has 0 heterocycles. The number of allylic oxidation sites excluding steroid dienone is 1. The molecule has 1 atom stereocenters. The zero-order valence-electron chi connectivity index (χ0n) is 22.2. The Balaban J connectivity index is 3.09. The lowest BCUT2D eigenvalue weighted by Crippen LogP contribution is -2.17. The molecule has 2 N–H and O–H groups in total. The summed E-state index contributed by atoms with van der Waals surface area (Å²) in [6, 6.07) is 0. The third-order valence-electron chi connectivity index (χ3n) is 6.79. The van der Waals surface area contributed by atoms with E-state index in [1.54, 1.807) is 6.08 Å². The second kappa shape index (κ2) is 27.4. The van der Waals surface area contributed by atoms with Crippen LogP contribution in [0.3, 0.4) is 0 Å². The van der Waals surface area contributed by atoms with Gasteiger partial charge in [-0.25, -0.2) is 4.79 Å². The van der Waals surface area contributed by atoms with E-state index in [1.807, 2.05) is 6.08 Å². The lowest BCUT2D eigenvalue weighted by atomic mass is 10.0. The summed E-state index contributed by atoms with van der Waals surface area (Å²) in [5, 5.41) is 17.8. The van der Waals surface area contributed by atoms with E-state index in [2.05, 4.69) is 6.92 Å². The lowest BCUT2D eigenvalue weighted by Gasteiger charge is -2.04. The molecule has 0 aromatic rings. The Morgan fingerprint density at radius 1 is 0.545 bits per heavy atom. The maximum absolute atomic E-state index is 10.5. The summed E-state index contributed by atoms with van der Waals surface area (Å²) < 4.78 is 0. The van der Waals surface area contributed by atoms with Crippen molar-refractivity contribution in [1.82, 2.24) is 0 Å². The van der Waals surface area contributed by atoms with Gasteiger partial charge in [-0.2, -0.15) is 0 Å². The third kappa shape index (κ3) is 27.3. The molecule has 0 fully saturated rings. The summed E-state index contributed by atoms with van der Waals surface area (Å²) in [7, 11) is 0. The highest BCUT2D eigenvalue weighted by molar-refractivity contribution is 5.72. The van der Waals surface area contributed by atoms with E-state index in [4.69, 9.17) is 10.2 Å². The standard InChI is InChI=1S/C30H58O3/c1-2-3-4-5-6-7-8-9-10-11-12-13-14-15-16-17-18-19-20-21-22-23-24-25-26-27-28-29(31)30(32)33/h26-27,29,31H,2-25,28H2,1H3,(H,32,33)/b27-26+. The number of aliphatic hydroxyl groups excluding tert-OH is 1. The van der Waals surface area contributed by atoms with Crippen LogP contribution in [0.15, 0.2) is 12.2 Å². The molecule has 0 aromatic carbocycles. The van der Waals surface area contributed by atoms with Gasteiger partial charge in [0.25, 0.3) is 0 Å². The largest absolute Gasteiger partial charge is 0.479 e. The first kappa shape index (κ1) is 32.2. The van der Waals surface area contributed by atoms with Crippen LogP contribution in [-0.4, -0.2) is 22.3 Å². The predicted octanol–water partition coefficient (Wildman–Crippen LogP) is 9.76. The first-order valence-electron chi connectivity index (χ1n) is 14.7. The van der Waals surface area contributed by atoms with Gasteiger partial charge in [-0.05, 0) is 12.8 Å². The number of hydrogen-bond donors (Lipinski definition) is 2. The average Bonchev–Trinajstić information content (AvgIpc) is 2.81. The van der Waals surface area contributed by atoms with Crippen LogP contribution < -0.4 is 0 Å². The number of carboxylic acid groups (broad SMARTS) is 1. The Bertz CT molecular complexity index is 419. The average molecular weight is 467 g/mol. The Labute approximate surface area is 206 Å². The van der Waals surface area contributed by atoms with Gasteiger partial charge >= 0.3 is 5.97 Å². The molecule has 0 aliphatic heterocycles. The molecule has 0 rings (SSSR count). The van der Waals surface area contributed by atoms with Crippen molar-refractivity contribution in [2.75, 3.05) is 0 Å². The summed E-state index contributed by atoms with van der Waals surface area (Å²) in [4.78, 5) is 10.5. The van der Waals surface area contributed by atoms with Crippen LogP contribution in [0.2, 0.25) is 0 Å². The molecule has 0 aliphatic rings. The fourth-order valence-corrected chi connectivity index (χ4v) is 4.49. The summed E-state index contributed by atoms with van der Waals surface area (Å²) in [6.45, 7) is 2.29. The number of carbonyl (C=O) groups is 1. The molecule has 3 nitrogen and oxygen atoms in total. The maximum atomic E-state index is 10.5. The van der Waals surface area contributed by atoms with Gasteiger partial charge < -0.3 is 10.2 Å². The summed E-state index contributed by atoms with van der Waals surface area (Å²) in [5.41, 5.74) is 0. The van der Waals surface area contributed by atoms with E-state index in [0.717, 1.165) is 6.42 Å².